The zero-order valence-electron chi connectivity index (χ0n) is 13.1. The van der Waals surface area contributed by atoms with Crippen molar-refractivity contribution in [2.24, 2.45) is 0 Å². The number of aromatic nitrogens is 1. The Bertz CT molecular complexity index is 787. The lowest BCUT2D eigenvalue weighted by atomic mass is 10.1. The summed E-state index contributed by atoms with van der Waals surface area (Å²) in [4.78, 5) is 38.0. The van der Waals surface area contributed by atoms with Crippen LogP contribution < -0.4 is 5.32 Å². The summed E-state index contributed by atoms with van der Waals surface area (Å²) in [5.74, 6) is -0.809. The number of rotatable bonds is 6. The number of carbonyl (C=O) groups excluding carboxylic acids is 2. The van der Waals surface area contributed by atoms with Gasteiger partial charge in [0.1, 0.15) is 0 Å². The lowest BCUT2D eigenvalue weighted by Gasteiger charge is -2.03. The molecule has 0 aliphatic rings. The van der Waals surface area contributed by atoms with Gasteiger partial charge in [-0.2, -0.15) is 0 Å². The largest absolute Gasteiger partial charge is 0.466 e. The van der Waals surface area contributed by atoms with Gasteiger partial charge in [0, 0.05) is 22.6 Å². The minimum Gasteiger partial charge on any atom is -0.466 e. The summed E-state index contributed by atoms with van der Waals surface area (Å²) in [5, 5.41) is 15.4. The van der Waals surface area contributed by atoms with Crippen molar-refractivity contribution in [3.05, 3.63) is 50.5 Å². The molecule has 0 aliphatic heterocycles. The Balaban J connectivity index is 2.05. The number of nitro groups is 1. The van der Waals surface area contributed by atoms with Crippen molar-refractivity contribution in [2.45, 2.75) is 20.3 Å². The number of esters is 1. The van der Waals surface area contributed by atoms with Crippen molar-refractivity contribution in [3.8, 4) is 0 Å². The average Bonchev–Trinajstić information content (AvgIpc) is 2.93. The fourth-order valence-electron chi connectivity index (χ4n) is 1.98. The Morgan fingerprint density at radius 2 is 2.17 bits per heavy atom. The molecule has 0 saturated carbocycles. The molecule has 9 heteroatoms. The van der Waals surface area contributed by atoms with E-state index in [1.807, 2.05) is 0 Å². The molecule has 1 aromatic heterocycles. The molecule has 1 aromatic carbocycles. The van der Waals surface area contributed by atoms with Gasteiger partial charge in [0.2, 0.25) is 0 Å². The maximum Gasteiger partial charge on any atom is 0.311 e. The molecule has 2 aromatic rings. The second kappa shape index (κ2) is 7.64. The normalized spacial score (nSPS) is 10.2. The van der Waals surface area contributed by atoms with E-state index in [9.17, 15) is 19.7 Å². The van der Waals surface area contributed by atoms with Gasteiger partial charge in [-0.3, -0.25) is 25.0 Å². The molecular formula is C15H15N3O5S. The number of thiazole rings is 1. The number of nitrogens with zero attached hydrogens (tertiary/aromatic N) is 2. The molecule has 1 N–H and O–H groups in total. The molecule has 0 aliphatic carbocycles. The number of nitrogens with one attached hydrogen (secondary N) is 1. The average molecular weight is 349 g/mol. The van der Waals surface area contributed by atoms with E-state index in [0.29, 0.717) is 28.6 Å². The van der Waals surface area contributed by atoms with Crippen LogP contribution in [0.5, 0.6) is 0 Å². The van der Waals surface area contributed by atoms with E-state index in [1.54, 1.807) is 19.2 Å². The van der Waals surface area contributed by atoms with E-state index in [-0.39, 0.29) is 18.1 Å². The lowest BCUT2D eigenvalue weighted by molar-refractivity contribution is -0.385. The highest BCUT2D eigenvalue weighted by atomic mass is 32.1. The maximum absolute atomic E-state index is 12.2. The summed E-state index contributed by atoms with van der Waals surface area (Å²) in [6.07, 6.45) is 0.0385. The third kappa shape index (κ3) is 4.35. The Kier molecular flexibility index (Phi) is 5.59. The third-order valence-electron chi connectivity index (χ3n) is 3.06. The number of hydrogen-bond donors (Lipinski definition) is 1. The first kappa shape index (κ1) is 17.5. The SMILES string of the molecule is CCOC(=O)Cc1csc(NC(=O)c2ccc([N+](=O)[O-])c(C)c2)n1. The first-order valence-electron chi connectivity index (χ1n) is 7.07. The van der Waals surface area contributed by atoms with Crippen LogP contribution in [0.3, 0.4) is 0 Å². The molecule has 0 saturated heterocycles. The summed E-state index contributed by atoms with van der Waals surface area (Å²) >= 11 is 1.19. The summed E-state index contributed by atoms with van der Waals surface area (Å²) in [6, 6.07) is 4.12. The molecule has 2 rings (SSSR count). The van der Waals surface area contributed by atoms with Gasteiger partial charge in [-0.15, -0.1) is 11.3 Å². The molecule has 1 heterocycles. The number of hydrogen-bond acceptors (Lipinski definition) is 7. The van der Waals surface area contributed by atoms with Gasteiger partial charge in [-0.25, -0.2) is 4.98 Å². The molecule has 126 valence electrons. The van der Waals surface area contributed by atoms with Gasteiger partial charge < -0.3 is 4.74 Å². The van der Waals surface area contributed by atoms with Crippen LogP contribution in [-0.2, 0) is 16.0 Å². The molecule has 0 fully saturated rings. The van der Waals surface area contributed by atoms with Crippen molar-refractivity contribution in [2.75, 3.05) is 11.9 Å². The minimum atomic E-state index is -0.500. The fraction of sp³-hybridized carbons (Fsp3) is 0.267. The standard InChI is InChI=1S/C15H15N3O5S/c1-3-23-13(19)7-11-8-24-15(16-11)17-14(20)10-4-5-12(18(21)22)9(2)6-10/h4-6,8H,3,7H2,1-2H3,(H,16,17,20). The van der Waals surface area contributed by atoms with Gasteiger partial charge in [0.05, 0.1) is 23.6 Å². The smallest absolute Gasteiger partial charge is 0.311 e. The Morgan fingerprint density at radius 1 is 1.42 bits per heavy atom. The molecule has 0 spiro atoms. The van der Waals surface area contributed by atoms with Crippen molar-refractivity contribution >= 4 is 34.0 Å². The minimum absolute atomic E-state index is 0.0385. The molecule has 1 amide bonds. The van der Waals surface area contributed by atoms with Crippen LogP contribution in [0, 0.1) is 17.0 Å². The van der Waals surface area contributed by atoms with Crippen molar-refractivity contribution in [1.29, 1.82) is 0 Å². The van der Waals surface area contributed by atoms with Crippen molar-refractivity contribution in [3.63, 3.8) is 0 Å². The molecule has 8 nitrogen and oxygen atoms in total. The molecule has 24 heavy (non-hydrogen) atoms. The fourth-order valence-corrected chi connectivity index (χ4v) is 2.68. The number of benzene rings is 1. The zero-order valence-corrected chi connectivity index (χ0v) is 13.9. The second-order valence-electron chi connectivity index (χ2n) is 4.84. The summed E-state index contributed by atoms with van der Waals surface area (Å²) in [7, 11) is 0. The molecule has 0 unspecified atom stereocenters. The Hall–Kier alpha value is -2.81. The van der Waals surface area contributed by atoms with Crippen molar-refractivity contribution < 1.29 is 19.2 Å². The van der Waals surface area contributed by atoms with Crippen LogP contribution in [0.4, 0.5) is 10.8 Å². The first-order valence-corrected chi connectivity index (χ1v) is 7.95. The Labute approximate surface area is 141 Å². The maximum atomic E-state index is 12.2. The van der Waals surface area contributed by atoms with E-state index in [0.717, 1.165) is 0 Å². The van der Waals surface area contributed by atoms with E-state index >= 15 is 0 Å². The van der Waals surface area contributed by atoms with E-state index in [4.69, 9.17) is 4.74 Å². The highest BCUT2D eigenvalue weighted by Crippen LogP contribution is 2.21. The summed E-state index contributed by atoms with van der Waals surface area (Å²) in [6.45, 7) is 3.58. The number of anilines is 1. The van der Waals surface area contributed by atoms with Crippen molar-refractivity contribution in [1.82, 2.24) is 4.98 Å². The highest BCUT2D eigenvalue weighted by Gasteiger charge is 2.15. The zero-order chi connectivity index (χ0) is 17.7. The van der Waals surface area contributed by atoms with Crippen LogP contribution >= 0.6 is 11.3 Å². The number of amides is 1. The molecular weight excluding hydrogens is 334 g/mol. The van der Waals surface area contributed by atoms with Crippen LogP contribution in [0.2, 0.25) is 0 Å². The molecule has 0 bridgehead atoms. The van der Waals surface area contributed by atoms with Gasteiger partial charge in [-0.05, 0) is 26.0 Å². The van der Waals surface area contributed by atoms with Gasteiger partial charge in [0.25, 0.3) is 11.6 Å². The monoisotopic (exact) mass is 349 g/mol. The predicted octanol–water partition coefficient (Wildman–Crippen LogP) is 2.72. The van der Waals surface area contributed by atoms with Crippen LogP contribution in [0.15, 0.2) is 23.6 Å². The second-order valence-corrected chi connectivity index (χ2v) is 5.70. The van der Waals surface area contributed by atoms with Gasteiger partial charge in [-0.1, -0.05) is 0 Å². The lowest BCUT2D eigenvalue weighted by Crippen LogP contribution is -2.12. The summed E-state index contributed by atoms with van der Waals surface area (Å²) in [5.41, 5.74) is 1.15. The van der Waals surface area contributed by atoms with Gasteiger partial charge in [0.15, 0.2) is 5.13 Å². The molecule has 0 radical (unpaired) electrons. The third-order valence-corrected chi connectivity index (χ3v) is 3.87. The van der Waals surface area contributed by atoms with E-state index in [2.05, 4.69) is 10.3 Å². The van der Waals surface area contributed by atoms with Crippen LogP contribution in [0.25, 0.3) is 0 Å². The van der Waals surface area contributed by atoms with E-state index in [1.165, 1.54) is 29.5 Å². The summed E-state index contributed by atoms with van der Waals surface area (Å²) < 4.78 is 4.83. The number of ether oxygens (including phenoxy) is 1. The topological polar surface area (TPSA) is 111 Å². The molecule has 0 atom stereocenters. The Morgan fingerprint density at radius 3 is 2.79 bits per heavy atom. The highest BCUT2D eigenvalue weighted by molar-refractivity contribution is 7.14. The quantitative estimate of drug-likeness (QED) is 0.487. The van der Waals surface area contributed by atoms with E-state index < -0.39 is 10.8 Å². The van der Waals surface area contributed by atoms with Crippen LogP contribution in [-0.4, -0.2) is 28.4 Å². The number of aryl methyl sites for hydroxylation is 1. The number of nitro benzene ring substituents is 1. The predicted molar refractivity (Wildman–Crippen MR) is 88.2 cm³/mol. The van der Waals surface area contributed by atoms with Crippen LogP contribution in [0.1, 0.15) is 28.5 Å². The van der Waals surface area contributed by atoms with Gasteiger partial charge >= 0.3 is 5.97 Å². The first-order chi connectivity index (χ1) is 11.4. The number of carbonyl (C=O) groups is 2.